The Morgan fingerprint density at radius 1 is 0.394 bits per heavy atom. The second kappa shape index (κ2) is 14.8. The maximum atomic E-state index is 6.98. The normalized spacial score (nSPS) is 12.8. The van der Waals surface area contributed by atoms with E-state index in [1.54, 1.807) is 0 Å². The number of fused-ring (bicyclic) bond motifs is 9. The molecule has 0 aliphatic heterocycles. The van der Waals surface area contributed by atoms with E-state index < -0.39 is 0 Å². The van der Waals surface area contributed by atoms with Crippen molar-refractivity contribution in [2.24, 2.45) is 0 Å². The zero-order chi connectivity index (χ0) is 43.9. The minimum atomic E-state index is -0.103. The van der Waals surface area contributed by atoms with Gasteiger partial charge in [-0.15, -0.1) is 0 Å². The van der Waals surface area contributed by atoms with Crippen molar-refractivity contribution in [3.63, 3.8) is 0 Å². The van der Waals surface area contributed by atoms with Gasteiger partial charge < -0.3 is 13.9 Å². The molecule has 0 unspecified atom stereocenters. The van der Waals surface area contributed by atoms with Gasteiger partial charge in [-0.05, 0) is 111 Å². The Labute approximate surface area is 384 Å². The van der Waals surface area contributed by atoms with Crippen molar-refractivity contribution in [1.82, 2.24) is 4.57 Å². The molecule has 66 heavy (non-hydrogen) atoms. The van der Waals surface area contributed by atoms with E-state index in [-0.39, 0.29) is 5.41 Å². The fraction of sp³-hybridized carbons (Fsp3) is 0.0476. The van der Waals surface area contributed by atoms with Crippen LogP contribution in [0.2, 0.25) is 0 Å². The van der Waals surface area contributed by atoms with Crippen molar-refractivity contribution in [2.75, 3.05) is 4.90 Å². The summed E-state index contributed by atoms with van der Waals surface area (Å²) in [6, 6.07) is 83.8. The van der Waals surface area contributed by atoms with Gasteiger partial charge in [0, 0.05) is 49.5 Å². The molecule has 0 atom stereocenters. The molecular formula is C63H44N2O. The first-order valence-corrected chi connectivity index (χ1v) is 22.8. The van der Waals surface area contributed by atoms with E-state index in [9.17, 15) is 0 Å². The van der Waals surface area contributed by atoms with Crippen LogP contribution in [0.15, 0.2) is 235 Å². The average molecular weight is 845 g/mol. The molecule has 0 saturated heterocycles. The largest absolute Gasteiger partial charge is 0.455 e. The first-order chi connectivity index (χ1) is 32.5. The highest BCUT2D eigenvalue weighted by Crippen LogP contribution is 2.52. The van der Waals surface area contributed by atoms with Crippen LogP contribution >= 0.6 is 0 Å². The summed E-state index contributed by atoms with van der Waals surface area (Å²) < 4.78 is 9.36. The lowest BCUT2D eigenvalue weighted by Gasteiger charge is -2.30. The quantitative estimate of drug-likeness (QED) is 0.159. The highest BCUT2D eigenvalue weighted by atomic mass is 16.3. The number of para-hydroxylation sites is 4. The van der Waals surface area contributed by atoms with Gasteiger partial charge in [0.15, 0.2) is 0 Å². The second-order valence-corrected chi connectivity index (χ2v) is 18.1. The number of rotatable bonds is 7. The lowest BCUT2D eigenvalue weighted by Crippen LogP contribution is -2.15. The monoisotopic (exact) mass is 844 g/mol. The molecule has 10 aromatic carbocycles. The number of benzene rings is 10. The third kappa shape index (κ3) is 5.83. The second-order valence-electron chi connectivity index (χ2n) is 18.1. The van der Waals surface area contributed by atoms with Crippen LogP contribution in [0.25, 0.3) is 93.9 Å². The number of aromatic nitrogens is 1. The minimum absolute atomic E-state index is 0.103. The Morgan fingerprint density at radius 3 is 1.79 bits per heavy atom. The van der Waals surface area contributed by atoms with Crippen LogP contribution in [0.3, 0.4) is 0 Å². The summed E-state index contributed by atoms with van der Waals surface area (Å²) in [7, 11) is 0. The molecule has 3 nitrogen and oxygen atoms in total. The zero-order valence-electron chi connectivity index (χ0n) is 36.7. The maximum Gasteiger partial charge on any atom is 0.145 e. The maximum absolute atomic E-state index is 6.98. The van der Waals surface area contributed by atoms with Crippen molar-refractivity contribution in [3.05, 3.63) is 242 Å². The molecule has 0 N–H and O–H groups in total. The van der Waals surface area contributed by atoms with Gasteiger partial charge in [0.25, 0.3) is 0 Å². The fourth-order valence-electron chi connectivity index (χ4n) is 10.9. The van der Waals surface area contributed by atoms with Gasteiger partial charge in [0.2, 0.25) is 0 Å². The first kappa shape index (κ1) is 38.1. The molecule has 0 saturated carbocycles. The smallest absolute Gasteiger partial charge is 0.145 e. The van der Waals surface area contributed by atoms with Crippen LogP contribution in [0.5, 0.6) is 0 Å². The number of furan rings is 1. The van der Waals surface area contributed by atoms with Gasteiger partial charge in [-0.2, -0.15) is 0 Å². The van der Waals surface area contributed by atoms with E-state index in [1.165, 1.54) is 49.6 Å². The molecule has 0 radical (unpaired) electrons. The third-order valence-electron chi connectivity index (χ3n) is 14.0. The Morgan fingerprint density at radius 2 is 1.00 bits per heavy atom. The van der Waals surface area contributed by atoms with Gasteiger partial charge >= 0.3 is 0 Å². The molecule has 1 aliphatic carbocycles. The van der Waals surface area contributed by atoms with Gasteiger partial charge in [-0.3, -0.25) is 0 Å². The minimum Gasteiger partial charge on any atom is -0.455 e. The van der Waals surface area contributed by atoms with Crippen LogP contribution in [0, 0.1) is 0 Å². The topological polar surface area (TPSA) is 21.3 Å². The van der Waals surface area contributed by atoms with Crippen LogP contribution in [0.4, 0.5) is 17.1 Å². The SMILES string of the molecule is CC1(C)c2ccccc2-c2ccc(-c3cccc(N(c4ccccc4-c4ccccc4)c4ccc5c(oc6ccccc65)c4-c4ccc(-n5c6ccccc6c6ccccc65)cc4)c3)cc21. The summed E-state index contributed by atoms with van der Waals surface area (Å²) in [5, 5.41) is 4.68. The van der Waals surface area contributed by atoms with E-state index in [0.717, 1.165) is 72.5 Å². The fourth-order valence-corrected chi connectivity index (χ4v) is 10.9. The molecule has 0 spiro atoms. The van der Waals surface area contributed by atoms with Gasteiger partial charge in [-0.25, -0.2) is 0 Å². The molecule has 13 rings (SSSR count). The Bertz CT molecular complexity index is 3800. The van der Waals surface area contributed by atoms with Gasteiger partial charge in [0.1, 0.15) is 11.2 Å². The summed E-state index contributed by atoms with van der Waals surface area (Å²) in [5.74, 6) is 0. The molecule has 312 valence electrons. The van der Waals surface area contributed by atoms with Crippen LogP contribution in [-0.2, 0) is 5.41 Å². The van der Waals surface area contributed by atoms with Crippen molar-refractivity contribution < 1.29 is 4.42 Å². The van der Waals surface area contributed by atoms with Gasteiger partial charge in [-0.1, -0.05) is 178 Å². The molecule has 0 amide bonds. The van der Waals surface area contributed by atoms with Crippen LogP contribution in [-0.4, -0.2) is 4.57 Å². The lowest BCUT2D eigenvalue weighted by atomic mass is 9.81. The zero-order valence-corrected chi connectivity index (χ0v) is 36.7. The lowest BCUT2D eigenvalue weighted by molar-refractivity contribution is 0.660. The van der Waals surface area contributed by atoms with Crippen molar-refractivity contribution >= 4 is 60.8 Å². The van der Waals surface area contributed by atoms with E-state index >= 15 is 0 Å². The van der Waals surface area contributed by atoms with Gasteiger partial charge in [0.05, 0.1) is 22.4 Å². The summed E-state index contributed by atoms with van der Waals surface area (Å²) in [6.07, 6.45) is 0. The van der Waals surface area contributed by atoms with E-state index in [1.807, 2.05) is 0 Å². The molecule has 0 fully saturated rings. The first-order valence-electron chi connectivity index (χ1n) is 22.8. The number of hydrogen-bond acceptors (Lipinski definition) is 2. The van der Waals surface area contributed by atoms with Crippen LogP contribution < -0.4 is 4.90 Å². The summed E-state index contributed by atoms with van der Waals surface area (Å²) >= 11 is 0. The Balaban J connectivity index is 1.04. The highest BCUT2D eigenvalue weighted by molar-refractivity contribution is 6.14. The summed E-state index contributed by atoms with van der Waals surface area (Å²) in [6.45, 7) is 4.71. The third-order valence-corrected chi connectivity index (χ3v) is 14.0. The Kier molecular flexibility index (Phi) is 8.56. The molecule has 2 aromatic heterocycles. The highest BCUT2D eigenvalue weighted by Gasteiger charge is 2.35. The van der Waals surface area contributed by atoms with Crippen molar-refractivity contribution in [1.29, 1.82) is 0 Å². The van der Waals surface area contributed by atoms with E-state index in [0.29, 0.717) is 0 Å². The Hall–Kier alpha value is -8.40. The van der Waals surface area contributed by atoms with E-state index in [2.05, 4.69) is 254 Å². The average Bonchev–Trinajstić information content (AvgIpc) is 4.00. The molecule has 12 aromatic rings. The van der Waals surface area contributed by atoms with Crippen molar-refractivity contribution in [2.45, 2.75) is 19.3 Å². The van der Waals surface area contributed by atoms with E-state index in [4.69, 9.17) is 4.42 Å². The summed E-state index contributed by atoms with van der Waals surface area (Å²) in [5.41, 5.74) is 20.4. The standard InChI is InChI=1S/C63H44N2O/c1-63(2)54-26-11-6-22-48(54)49-36-33-44(40-55(49)63)43-19-16-20-46(39-43)65(56-27-12-7-21-47(56)41-17-4-3-5-18-41)59-38-37-53-52-25-10-15-30-60(52)66-62(53)61(59)42-31-34-45(35-32-42)64-57-28-13-8-23-50(57)51-24-9-14-29-58(51)64/h3-40H,1-2H3. The van der Waals surface area contributed by atoms with Crippen molar-refractivity contribution in [3.8, 4) is 50.2 Å². The molecule has 0 bridgehead atoms. The number of anilines is 3. The van der Waals surface area contributed by atoms with Crippen LogP contribution in [0.1, 0.15) is 25.0 Å². The predicted molar refractivity (Wildman–Crippen MR) is 277 cm³/mol. The molecule has 3 heteroatoms. The number of nitrogens with zero attached hydrogens (tertiary/aromatic N) is 2. The number of hydrogen-bond donors (Lipinski definition) is 0. The predicted octanol–water partition coefficient (Wildman–Crippen LogP) is 17.5. The molecule has 2 heterocycles. The summed E-state index contributed by atoms with van der Waals surface area (Å²) in [4.78, 5) is 2.45. The molecular weight excluding hydrogens is 801 g/mol. The molecule has 1 aliphatic rings.